The van der Waals surface area contributed by atoms with Crippen LogP contribution in [0.25, 0.3) is 6.08 Å². The summed E-state index contributed by atoms with van der Waals surface area (Å²) in [5.74, 6) is -0.787. The lowest BCUT2D eigenvalue weighted by Gasteiger charge is -2.02. The van der Waals surface area contributed by atoms with Crippen LogP contribution in [0.15, 0.2) is 47.2 Å². The van der Waals surface area contributed by atoms with E-state index in [1.165, 1.54) is 7.11 Å². The van der Waals surface area contributed by atoms with Crippen molar-refractivity contribution >= 4 is 18.0 Å². The van der Waals surface area contributed by atoms with E-state index in [0.717, 1.165) is 5.56 Å². The molecule has 4 heteroatoms. The smallest absolute Gasteiger partial charge is 0.340 e. The molecule has 0 saturated carbocycles. The molecule has 0 aromatic heterocycles. The number of carbonyl (C=O) groups excluding carboxylic acids is 2. The minimum Gasteiger partial charge on any atom is -0.465 e. The monoisotopic (exact) mass is 243 g/mol. The Kier molecular flexibility index (Phi) is 3.28. The number of nitrogens with one attached hydrogen (secondary N) is 1. The third-order valence-corrected chi connectivity index (χ3v) is 2.69. The van der Waals surface area contributed by atoms with Crippen molar-refractivity contribution in [1.29, 1.82) is 0 Å². The second-order valence-corrected chi connectivity index (χ2v) is 3.91. The van der Waals surface area contributed by atoms with Gasteiger partial charge in [-0.15, -0.1) is 0 Å². The molecular weight excluding hydrogens is 230 g/mol. The quantitative estimate of drug-likeness (QED) is 0.634. The van der Waals surface area contributed by atoms with Gasteiger partial charge in [-0.1, -0.05) is 30.3 Å². The van der Waals surface area contributed by atoms with Crippen molar-refractivity contribution < 1.29 is 14.3 Å². The van der Waals surface area contributed by atoms with Gasteiger partial charge in [0.15, 0.2) is 0 Å². The van der Waals surface area contributed by atoms with Gasteiger partial charge in [0.25, 0.3) is 5.91 Å². The molecule has 0 radical (unpaired) electrons. The number of rotatable bonds is 2. The van der Waals surface area contributed by atoms with Gasteiger partial charge in [-0.05, 0) is 18.6 Å². The van der Waals surface area contributed by atoms with Crippen molar-refractivity contribution in [2.45, 2.75) is 6.92 Å². The summed E-state index contributed by atoms with van der Waals surface area (Å²) >= 11 is 0. The van der Waals surface area contributed by atoms with Crippen LogP contribution in [-0.2, 0) is 14.3 Å². The summed E-state index contributed by atoms with van der Waals surface area (Å²) < 4.78 is 4.69. The van der Waals surface area contributed by atoms with E-state index in [9.17, 15) is 9.59 Å². The Balaban J connectivity index is 2.45. The minimum absolute atomic E-state index is 0.281. The highest BCUT2D eigenvalue weighted by Crippen LogP contribution is 2.24. The fourth-order valence-electron chi connectivity index (χ4n) is 1.83. The first kappa shape index (κ1) is 12.1. The van der Waals surface area contributed by atoms with Crippen LogP contribution in [0, 0.1) is 0 Å². The van der Waals surface area contributed by atoms with E-state index < -0.39 is 5.97 Å². The van der Waals surface area contributed by atoms with E-state index in [1.807, 2.05) is 30.3 Å². The zero-order chi connectivity index (χ0) is 13.1. The molecule has 0 spiro atoms. The Morgan fingerprint density at radius 1 is 1.28 bits per heavy atom. The number of esters is 1. The van der Waals surface area contributed by atoms with Gasteiger partial charge in [0.2, 0.25) is 0 Å². The average molecular weight is 243 g/mol. The molecule has 92 valence electrons. The molecule has 4 nitrogen and oxygen atoms in total. The number of amides is 1. The average Bonchev–Trinajstić information content (AvgIpc) is 2.65. The number of ether oxygens (including phenoxy) is 1. The predicted molar refractivity (Wildman–Crippen MR) is 67.3 cm³/mol. The Hall–Kier alpha value is -2.36. The molecule has 1 aliphatic rings. The molecule has 1 aliphatic heterocycles. The Morgan fingerprint density at radius 3 is 2.56 bits per heavy atom. The molecule has 0 saturated heterocycles. The van der Waals surface area contributed by atoms with E-state index in [-0.39, 0.29) is 5.91 Å². The van der Waals surface area contributed by atoms with Gasteiger partial charge in [-0.25, -0.2) is 4.79 Å². The van der Waals surface area contributed by atoms with Crippen LogP contribution in [-0.4, -0.2) is 19.0 Å². The van der Waals surface area contributed by atoms with Crippen molar-refractivity contribution in [3.05, 3.63) is 52.7 Å². The summed E-state index contributed by atoms with van der Waals surface area (Å²) in [6, 6.07) is 9.35. The fraction of sp³-hybridized carbons (Fsp3) is 0.143. The van der Waals surface area contributed by atoms with Crippen LogP contribution < -0.4 is 5.32 Å². The first-order valence-corrected chi connectivity index (χ1v) is 5.51. The number of hydrogen-bond donors (Lipinski definition) is 1. The van der Waals surface area contributed by atoms with E-state index in [2.05, 4.69) is 5.32 Å². The van der Waals surface area contributed by atoms with Crippen molar-refractivity contribution in [2.75, 3.05) is 7.11 Å². The predicted octanol–water partition coefficient (Wildman–Crippen LogP) is 1.65. The molecule has 1 heterocycles. The lowest BCUT2D eigenvalue weighted by atomic mass is 10.0. The first-order chi connectivity index (χ1) is 8.63. The van der Waals surface area contributed by atoms with Crippen LogP contribution in [0.5, 0.6) is 0 Å². The topological polar surface area (TPSA) is 55.4 Å². The first-order valence-electron chi connectivity index (χ1n) is 5.51. The molecule has 18 heavy (non-hydrogen) atoms. The van der Waals surface area contributed by atoms with E-state index >= 15 is 0 Å². The summed E-state index contributed by atoms with van der Waals surface area (Å²) in [4.78, 5) is 23.4. The molecule has 1 aromatic carbocycles. The van der Waals surface area contributed by atoms with Gasteiger partial charge < -0.3 is 10.1 Å². The molecular formula is C14H13NO3. The molecule has 1 amide bonds. The summed E-state index contributed by atoms with van der Waals surface area (Å²) in [6.07, 6.45) is 1.68. The number of allylic oxidation sites excluding steroid dienone is 1. The summed E-state index contributed by atoms with van der Waals surface area (Å²) in [6.45, 7) is 1.68. The Bertz CT molecular complexity index is 556. The molecule has 0 fully saturated rings. The zero-order valence-electron chi connectivity index (χ0n) is 10.2. The Labute approximate surface area is 105 Å². The van der Waals surface area contributed by atoms with Crippen molar-refractivity contribution in [3.8, 4) is 0 Å². The van der Waals surface area contributed by atoms with Crippen LogP contribution in [0.2, 0.25) is 0 Å². The van der Waals surface area contributed by atoms with E-state index in [1.54, 1.807) is 13.0 Å². The molecule has 0 atom stereocenters. The molecule has 0 unspecified atom stereocenters. The second-order valence-electron chi connectivity index (χ2n) is 3.91. The maximum absolute atomic E-state index is 11.8. The third kappa shape index (κ3) is 2.18. The van der Waals surface area contributed by atoms with Crippen molar-refractivity contribution in [2.24, 2.45) is 0 Å². The van der Waals surface area contributed by atoms with Crippen LogP contribution >= 0.6 is 0 Å². The van der Waals surface area contributed by atoms with Gasteiger partial charge in [-0.2, -0.15) is 0 Å². The fourth-order valence-corrected chi connectivity index (χ4v) is 1.83. The normalized spacial score (nSPS) is 17.0. The largest absolute Gasteiger partial charge is 0.465 e. The van der Waals surface area contributed by atoms with Gasteiger partial charge >= 0.3 is 5.97 Å². The van der Waals surface area contributed by atoms with Gasteiger partial charge in [0, 0.05) is 5.70 Å². The molecule has 1 N–H and O–H groups in total. The highest BCUT2D eigenvalue weighted by Gasteiger charge is 2.30. The lowest BCUT2D eigenvalue weighted by Crippen LogP contribution is -2.15. The van der Waals surface area contributed by atoms with Crippen LogP contribution in [0.4, 0.5) is 0 Å². The van der Waals surface area contributed by atoms with Gasteiger partial charge in [0.05, 0.1) is 18.3 Å². The lowest BCUT2D eigenvalue weighted by molar-refractivity contribution is -0.136. The number of methoxy groups -OCH3 is 1. The zero-order valence-corrected chi connectivity index (χ0v) is 10.2. The second kappa shape index (κ2) is 4.87. The van der Waals surface area contributed by atoms with E-state index in [4.69, 9.17) is 4.74 Å². The maximum Gasteiger partial charge on any atom is 0.340 e. The standard InChI is InChI=1S/C14H13NO3/c1-9-12(14(17)18-2)11(13(16)15-9)8-10-6-4-3-5-7-10/h3-8H,1-2H3,(H,15,16)/b11-8-. The SMILES string of the molecule is COC(=O)C1=C(C)NC(=O)/C1=C\c1ccccc1. The molecule has 0 bridgehead atoms. The third-order valence-electron chi connectivity index (χ3n) is 2.69. The molecule has 0 aliphatic carbocycles. The molecule has 2 rings (SSSR count). The highest BCUT2D eigenvalue weighted by molar-refractivity contribution is 6.16. The van der Waals surface area contributed by atoms with E-state index in [0.29, 0.717) is 16.8 Å². The Morgan fingerprint density at radius 2 is 1.94 bits per heavy atom. The summed E-state index contributed by atoms with van der Waals surface area (Å²) in [5.41, 5.74) is 2.02. The van der Waals surface area contributed by atoms with Crippen LogP contribution in [0.1, 0.15) is 12.5 Å². The number of hydrogen-bond acceptors (Lipinski definition) is 3. The van der Waals surface area contributed by atoms with Gasteiger partial charge in [-0.3, -0.25) is 4.79 Å². The van der Waals surface area contributed by atoms with Gasteiger partial charge in [0.1, 0.15) is 0 Å². The summed E-state index contributed by atoms with van der Waals surface area (Å²) in [5, 5.41) is 2.62. The highest BCUT2D eigenvalue weighted by atomic mass is 16.5. The number of benzene rings is 1. The summed E-state index contributed by atoms with van der Waals surface area (Å²) in [7, 11) is 1.30. The van der Waals surface area contributed by atoms with Crippen molar-refractivity contribution in [1.82, 2.24) is 5.32 Å². The molecule has 1 aromatic rings. The number of carbonyl (C=O) groups is 2. The van der Waals surface area contributed by atoms with Crippen molar-refractivity contribution in [3.63, 3.8) is 0 Å². The maximum atomic E-state index is 11.8. The minimum atomic E-state index is -0.506. The van der Waals surface area contributed by atoms with Crippen LogP contribution in [0.3, 0.4) is 0 Å².